The summed E-state index contributed by atoms with van der Waals surface area (Å²) in [5.41, 5.74) is 7.13. The first-order valence-electron chi connectivity index (χ1n) is 9.39. The van der Waals surface area contributed by atoms with Gasteiger partial charge in [-0.2, -0.15) is 5.26 Å². The van der Waals surface area contributed by atoms with Crippen LogP contribution in [0.4, 0.5) is 0 Å². The summed E-state index contributed by atoms with van der Waals surface area (Å²) >= 11 is 6.29. The second-order valence-electron chi connectivity index (χ2n) is 8.11. The van der Waals surface area contributed by atoms with Crippen molar-refractivity contribution >= 4 is 23.3 Å². The minimum Gasteiger partial charge on any atom is -0.318 e. The molecular weight excluding hydrogens is 364 g/mol. The number of hydrogen-bond acceptors (Lipinski definition) is 1. The zero-order chi connectivity index (χ0) is 20.5. The number of nitrogens with zero attached hydrogens (tertiary/aromatic N) is 2. The maximum Gasteiger partial charge on any atom is 0.0998 e. The lowest BCUT2D eigenvalue weighted by Gasteiger charge is -2.20. The molecule has 0 bridgehead atoms. The van der Waals surface area contributed by atoms with Crippen LogP contribution in [0.1, 0.15) is 48.8 Å². The van der Waals surface area contributed by atoms with Crippen molar-refractivity contribution in [2.24, 2.45) is 0 Å². The van der Waals surface area contributed by atoms with E-state index in [-0.39, 0.29) is 5.41 Å². The van der Waals surface area contributed by atoms with Crippen LogP contribution in [0, 0.1) is 25.2 Å². The fourth-order valence-corrected chi connectivity index (χ4v) is 3.68. The smallest absolute Gasteiger partial charge is 0.0998 e. The predicted octanol–water partition coefficient (Wildman–Crippen LogP) is 7.11. The van der Waals surface area contributed by atoms with Gasteiger partial charge in [-0.05, 0) is 60.7 Å². The summed E-state index contributed by atoms with van der Waals surface area (Å²) in [5, 5.41) is 10.3. The van der Waals surface area contributed by atoms with Crippen molar-refractivity contribution in [1.29, 1.82) is 5.26 Å². The standard InChI is InChI=1S/C25H25ClN2/c1-17-14-19(15-20(16-27)23-8-6-7-9-24(23)26)18(2)28(17)22-12-10-21(11-13-22)25(3,4)5/h6-15H,1-5H3. The van der Waals surface area contributed by atoms with Crippen molar-refractivity contribution in [3.63, 3.8) is 0 Å². The zero-order valence-electron chi connectivity index (χ0n) is 17.0. The molecule has 0 aliphatic heterocycles. The van der Waals surface area contributed by atoms with Gasteiger partial charge in [-0.3, -0.25) is 0 Å². The summed E-state index contributed by atoms with van der Waals surface area (Å²) in [6, 6.07) is 20.6. The van der Waals surface area contributed by atoms with Gasteiger partial charge < -0.3 is 4.57 Å². The minimum absolute atomic E-state index is 0.129. The largest absolute Gasteiger partial charge is 0.318 e. The summed E-state index contributed by atoms with van der Waals surface area (Å²) in [5.74, 6) is 0. The maximum atomic E-state index is 9.67. The molecule has 0 saturated carbocycles. The normalized spacial score (nSPS) is 12.1. The van der Waals surface area contributed by atoms with Crippen molar-refractivity contribution in [2.45, 2.75) is 40.0 Å². The molecule has 142 valence electrons. The van der Waals surface area contributed by atoms with Crippen LogP contribution in [0.15, 0.2) is 54.6 Å². The van der Waals surface area contributed by atoms with Gasteiger partial charge in [-0.25, -0.2) is 0 Å². The van der Waals surface area contributed by atoms with Gasteiger partial charge >= 0.3 is 0 Å². The number of rotatable bonds is 3. The van der Waals surface area contributed by atoms with Crippen LogP contribution in [-0.4, -0.2) is 4.57 Å². The molecule has 0 unspecified atom stereocenters. The third-order valence-electron chi connectivity index (χ3n) is 5.05. The molecule has 1 heterocycles. The average molecular weight is 389 g/mol. The van der Waals surface area contributed by atoms with Crippen molar-refractivity contribution < 1.29 is 0 Å². The van der Waals surface area contributed by atoms with E-state index >= 15 is 0 Å². The Balaban J connectivity index is 2.05. The van der Waals surface area contributed by atoms with E-state index in [0.29, 0.717) is 10.6 Å². The van der Waals surface area contributed by atoms with Gasteiger partial charge in [0.1, 0.15) is 0 Å². The topological polar surface area (TPSA) is 28.7 Å². The molecule has 0 aliphatic rings. The van der Waals surface area contributed by atoms with Gasteiger partial charge in [0.15, 0.2) is 0 Å². The van der Waals surface area contributed by atoms with Crippen LogP contribution in [0.3, 0.4) is 0 Å². The second-order valence-corrected chi connectivity index (χ2v) is 8.52. The van der Waals surface area contributed by atoms with Crippen molar-refractivity contribution in [1.82, 2.24) is 4.57 Å². The minimum atomic E-state index is 0.129. The summed E-state index contributed by atoms with van der Waals surface area (Å²) in [6.07, 6.45) is 1.92. The Labute approximate surface area is 172 Å². The van der Waals surface area contributed by atoms with Crippen molar-refractivity contribution in [3.05, 3.63) is 87.7 Å². The number of hydrogen-bond donors (Lipinski definition) is 0. The van der Waals surface area contributed by atoms with Crippen LogP contribution in [0.25, 0.3) is 17.3 Å². The van der Waals surface area contributed by atoms with E-state index in [1.807, 2.05) is 30.3 Å². The number of aromatic nitrogens is 1. The summed E-state index contributed by atoms with van der Waals surface area (Å²) in [7, 11) is 0. The zero-order valence-corrected chi connectivity index (χ0v) is 17.8. The molecule has 3 aromatic rings. The summed E-state index contributed by atoms with van der Waals surface area (Å²) < 4.78 is 2.22. The van der Waals surface area contributed by atoms with E-state index in [4.69, 9.17) is 11.6 Å². The van der Waals surface area contributed by atoms with Gasteiger partial charge in [0, 0.05) is 27.7 Å². The average Bonchev–Trinajstić information content (AvgIpc) is 2.93. The first kappa shape index (κ1) is 20.0. The number of allylic oxidation sites excluding steroid dienone is 1. The molecule has 0 atom stereocenters. The van der Waals surface area contributed by atoms with Gasteiger partial charge in [-0.1, -0.05) is 62.7 Å². The van der Waals surface area contributed by atoms with Crippen molar-refractivity contribution in [3.8, 4) is 11.8 Å². The molecule has 0 radical (unpaired) electrons. The third kappa shape index (κ3) is 3.91. The molecule has 0 saturated heterocycles. The lowest BCUT2D eigenvalue weighted by molar-refractivity contribution is 0.590. The predicted molar refractivity (Wildman–Crippen MR) is 119 cm³/mol. The highest BCUT2D eigenvalue weighted by Gasteiger charge is 2.15. The lowest BCUT2D eigenvalue weighted by atomic mass is 9.87. The fraction of sp³-hybridized carbons (Fsp3) is 0.240. The summed E-state index contributed by atoms with van der Waals surface area (Å²) in [4.78, 5) is 0. The van der Waals surface area contributed by atoms with Crippen molar-refractivity contribution in [2.75, 3.05) is 0 Å². The maximum absolute atomic E-state index is 9.67. The van der Waals surface area contributed by atoms with E-state index in [1.54, 1.807) is 0 Å². The Kier molecular flexibility index (Phi) is 5.49. The first-order valence-corrected chi connectivity index (χ1v) is 9.76. The molecule has 0 spiro atoms. The first-order chi connectivity index (χ1) is 13.2. The molecule has 2 nitrogen and oxygen atoms in total. The Morgan fingerprint density at radius 2 is 1.68 bits per heavy atom. The SMILES string of the molecule is Cc1cc(C=C(C#N)c2ccccc2Cl)c(C)n1-c1ccc(C(C)(C)C)cc1. The molecule has 1 aromatic heterocycles. The molecule has 0 fully saturated rings. The highest BCUT2D eigenvalue weighted by molar-refractivity contribution is 6.32. The number of halogens is 1. The highest BCUT2D eigenvalue weighted by Crippen LogP contribution is 2.29. The van der Waals surface area contributed by atoms with Gasteiger partial charge in [0.2, 0.25) is 0 Å². The number of nitriles is 1. The van der Waals surface area contributed by atoms with E-state index in [0.717, 1.165) is 28.2 Å². The van der Waals surface area contributed by atoms with Gasteiger partial charge in [-0.15, -0.1) is 0 Å². The number of benzene rings is 2. The molecule has 3 rings (SSSR count). The Morgan fingerprint density at radius 3 is 2.25 bits per heavy atom. The Morgan fingerprint density at radius 1 is 1.04 bits per heavy atom. The second kappa shape index (κ2) is 7.70. The monoisotopic (exact) mass is 388 g/mol. The van der Waals surface area contributed by atoms with Crippen LogP contribution in [-0.2, 0) is 5.41 Å². The fourth-order valence-electron chi connectivity index (χ4n) is 3.45. The van der Waals surface area contributed by atoms with Crippen LogP contribution in [0.2, 0.25) is 5.02 Å². The molecule has 2 aromatic carbocycles. The Hall–Kier alpha value is -2.76. The molecule has 28 heavy (non-hydrogen) atoms. The molecule has 0 aliphatic carbocycles. The lowest BCUT2D eigenvalue weighted by Crippen LogP contribution is -2.11. The van der Waals surface area contributed by atoms with Crippen LogP contribution in [0.5, 0.6) is 0 Å². The quantitative estimate of drug-likeness (QED) is 0.439. The van der Waals surface area contributed by atoms with Gasteiger partial charge in [0.05, 0.1) is 11.6 Å². The van der Waals surface area contributed by atoms with Crippen LogP contribution < -0.4 is 0 Å². The van der Waals surface area contributed by atoms with E-state index in [2.05, 4.69) is 75.6 Å². The van der Waals surface area contributed by atoms with Crippen LogP contribution >= 0.6 is 11.6 Å². The molecule has 0 amide bonds. The number of aryl methyl sites for hydroxylation is 1. The molecule has 3 heteroatoms. The van der Waals surface area contributed by atoms with E-state index in [9.17, 15) is 5.26 Å². The Bertz CT molecular complexity index is 1070. The summed E-state index contributed by atoms with van der Waals surface area (Å²) in [6.45, 7) is 10.8. The van der Waals surface area contributed by atoms with Gasteiger partial charge in [0.25, 0.3) is 0 Å². The van der Waals surface area contributed by atoms with E-state index < -0.39 is 0 Å². The third-order valence-corrected chi connectivity index (χ3v) is 5.38. The molecule has 0 N–H and O–H groups in total. The van der Waals surface area contributed by atoms with E-state index in [1.165, 1.54) is 5.56 Å². The highest BCUT2D eigenvalue weighted by atomic mass is 35.5. The molecular formula is C25H25ClN2.